The molecule has 0 spiro atoms. The lowest BCUT2D eigenvalue weighted by molar-refractivity contribution is 0.201. The Labute approximate surface area is 153 Å². The molecule has 4 rings (SSSR count). The minimum atomic E-state index is -1.42. The molecule has 1 aliphatic rings. The minimum absolute atomic E-state index is 0.144. The number of rotatable bonds is 5. The maximum absolute atomic E-state index is 13.9. The van der Waals surface area contributed by atoms with Gasteiger partial charge >= 0.3 is 0 Å². The molecule has 1 aromatic carbocycles. The molecule has 27 heavy (non-hydrogen) atoms. The van der Waals surface area contributed by atoms with E-state index < -0.39 is 17.5 Å². The number of fused-ring (bicyclic) bond motifs is 1. The average Bonchev–Trinajstić information content (AvgIpc) is 3.10. The number of halogens is 3. The van der Waals surface area contributed by atoms with E-state index >= 15 is 0 Å². The van der Waals surface area contributed by atoms with Gasteiger partial charge in [0, 0.05) is 37.6 Å². The first-order valence-electron chi connectivity index (χ1n) is 8.51. The molecule has 6 nitrogen and oxygen atoms in total. The first-order chi connectivity index (χ1) is 13.1. The van der Waals surface area contributed by atoms with Crippen molar-refractivity contribution in [3.8, 4) is 0 Å². The molecular formula is C18H17F3N6. The van der Waals surface area contributed by atoms with Crippen LogP contribution >= 0.6 is 0 Å². The molecule has 0 radical (unpaired) electrons. The molecule has 2 aromatic heterocycles. The lowest BCUT2D eigenvalue weighted by atomic mass is 10.1. The van der Waals surface area contributed by atoms with Crippen LogP contribution < -0.4 is 5.32 Å². The molecule has 1 aliphatic heterocycles. The summed E-state index contributed by atoms with van der Waals surface area (Å²) in [7, 11) is 0. The van der Waals surface area contributed by atoms with E-state index in [0.29, 0.717) is 32.1 Å². The predicted octanol–water partition coefficient (Wildman–Crippen LogP) is 2.72. The van der Waals surface area contributed by atoms with Gasteiger partial charge in [-0.2, -0.15) is 5.10 Å². The van der Waals surface area contributed by atoms with Crippen LogP contribution in [0.5, 0.6) is 0 Å². The Balaban J connectivity index is 1.41. The highest BCUT2D eigenvalue weighted by atomic mass is 19.2. The molecule has 0 atom stereocenters. The van der Waals surface area contributed by atoms with Crippen LogP contribution in [-0.2, 0) is 26.2 Å². The fourth-order valence-corrected chi connectivity index (χ4v) is 3.09. The van der Waals surface area contributed by atoms with Gasteiger partial charge in [-0.05, 0) is 18.2 Å². The quantitative estimate of drug-likeness (QED) is 0.696. The maximum Gasteiger partial charge on any atom is 0.222 e. The third-order valence-electron chi connectivity index (χ3n) is 4.43. The van der Waals surface area contributed by atoms with E-state index in [1.807, 2.05) is 15.6 Å². The Kier molecular flexibility index (Phi) is 4.76. The summed E-state index contributed by atoms with van der Waals surface area (Å²) in [4.78, 5) is 10.2. The van der Waals surface area contributed by atoms with Crippen molar-refractivity contribution in [2.24, 2.45) is 0 Å². The second-order valence-corrected chi connectivity index (χ2v) is 6.32. The molecular weight excluding hydrogens is 357 g/mol. The highest BCUT2D eigenvalue weighted by Crippen LogP contribution is 2.20. The summed E-state index contributed by atoms with van der Waals surface area (Å²) < 4.78 is 42.3. The highest BCUT2D eigenvalue weighted by molar-refractivity contribution is 5.25. The topological polar surface area (TPSA) is 58.9 Å². The van der Waals surface area contributed by atoms with Gasteiger partial charge in [0.15, 0.2) is 17.5 Å². The van der Waals surface area contributed by atoms with Gasteiger partial charge in [-0.1, -0.05) is 6.07 Å². The average molecular weight is 374 g/mol. The molecule has 1 N–H and O–H groups in total. The fourth-order valence-electron chi connectivity index (χ4n) is 3.09. The second kappa shape index (κ2) is 7.36. The molecule has 0 aliphatic carbocycles. The normalized spacial score (nSPS) is 14.2. The van der Waals surface area contributed by atoms with Crippen molar-refractivity contribution in [2.45, 2.75) is 26.2 Å². The number of nitrogens with zero attached hydrogens (tertiary/aromatic N) is 5. The number of hydrogen-bond donors (Lipinski definition) is 1. The van der Waals surface area contributed by atoms with E-state index in [2.05, 4.69) is 20.4 Å². The van der Waals surface area contributed by atoms with Gasteiger partial charge in [-0.3, -0.25) is 9.58 Å². The molecule has 0 fully saturated rings. The van der Waals surface area contributed by atoms with E-state index in [1.54, 1.807) is 18.5 Å². The van der Waals surface area contributed by atoms with Crippen molar-refractivity contribution in [2.75, 3.05) is 11.9 Å². The number of benzene rings is 1. The Bertz CT molecular complexity index is 944. The van der Waals surface area contributed by atoms with Crippen molar-refractivity contribution in [1.82, 2.24) is 24.6 Å². The summed E-state index contributed by atoms with van der Waals surface area (Å²) >= 11 is 0. The number of aromatic nitrogens is 4. The summed E-state index contributed by atoms with van der Waals surface area (Å²) in [6, 6.07) is 5.95. The number of anilines is 1. The van der Waals surface area contributed by atoms with Crippen LogP contribution in [0.3, 0.4) is 0 Å². The van der Waals surface area contributed by atoms with Gasteiger partial charge in [-0.15, -0.1) is 0 Å². The monoisotopic (exact) mass is 374 g/mol. The van der Waals surface area contributed by atoms with E-state index in [0.717, 1.165) is 17.5 Å². The summed E-state index contributed by atoms with van der Waals surface area (Å²) in [5.41, 5.74) is 1.97. The molecule has 0 amide bonds. The lowest BCUT2D eigenvalue weighted by Gasteiger charge is -2.27. The Hall–Kier alpha value is -2.94. The van der Waals surface area contributed by atoms with E-state index in [1.165, 1.54) is 6.07 Å². The van der Waals surface area contributed by atoms with Gasteiger partial charge in [0.1, 0.15) is 0 Å². The second-order valence-electron chi connectivity index (χ2n) is 6.32. The van der Waals surface area contributed by atoms with Crippen LogP contribution in [0.1, 0.15) is 17.0 Å². The van der Waals surface area contributed by atoms with Crippen molar-refractivity contribution < 1.29 is 13.2 Å². The molecule has 0 bridgehead atoms. The van der Waals surface area contributed by atoms with Crippen molar-refractivity contribution >= 4 is 5.95 Å². The fraction of sp³-hybridized carbons (Fsp3) is 0.278. The maximum atomic E-state index is 13.9. The van der Waals surface area contributed by atoms with Crippen LogP contribution in [0, 0.1) is 17.5 Å². The first kappa shape index (κ1) is 17.5. The van der Waals surface area contributed by atoms with Gasteiger partial charge in [0.2, 0.25) is 5.95 Å². The molecule has 3 aromatic rings. The largest absolute Gasteiger partial charge is 0.348 e. The molecule has 0 unspecified atom stereocenters. The SMILES string of the molecule is Fc1ccc(CN2CCn3nc(CNc4ncccn4)cc3C2)c(F)c1F. The number of hydrogen-bond acceptors (Lipinski definition) is 5. The molecule has 0 saturated heterocycles. The predicted molar refractivity (Wildman–Crippen MR) is 92.0 cm³/mol. The van der Waals surface area contributed by atoms with Crippen LogP contribution in [0.25, 0.3) is 0 Å². The van der Waals surface area contributed by atoms with Crippen LogP contribution in [0.4, 0.5) is 19.1 Å². The first-order valence-corrected chi connectivity index (χ1v) is 8.51. The van der Waals surface area contributed by atoms with Crippen LogP contribution in [-0.4, -0.2) is 31.2 Å². The zero-order chi connectivity index (χ0) is 18.8. The van der Waals surface area contributed by atoms with E-state index in [9.17, 15) is 13.2 Å². The summed E-state index contributed by atoms with van der Waals surface area (Å²) in [5.74, 6) is -3.20. The molecule has 0 saturated carbocycles. The smallest absolute Gasteiger partial charge is 0.222 e. The molecule has 9 heteroatoms. The zero-order valence-corrected chi connectivity index (χ0v) is 14.4. The highest BCUT2D eigenvalue weighted by Gasteiger charge is 2.21. The third kappa shape index (κ3) is 3.77. The van der Waals surface area contributed by atoms with Crippen LogP contribution in [0.2, 0.25) is 0 Å². The van der Waals surface area contributed by atoms with Crippen molar-refractivity contribution in [1.29, 1.82) is 0 Å². The number of nitrogens with one attached hydrogen (secondary N) is 1. The third-order valence-corrected chi connectivity index (χ3v) is 4.43. The Morgan fingerprint density at radius 2 is 1.85 bits per heavy atom. The molecule has 3 heterocycles. The lowest BCUT2D eigenvalue weighted by Crippen LogP contribution is -2.33. The summed E-state index contributed by atoms with van der Waals surface area (Å²) in [5, 5.41) is 7.64. The van der Waals surface area contributed by atoms with Gasteiger partial charge in [-0.25, -0.2) is 23.1 Å². The van der Waals surface area contributed by atoms with Gasteiger partial charge in [0.05, 0.1) is 24.5 Å². The van der Waals surface area contributed by atoms with Crippen molar-refractivity contribution in [3.05, 3.63) is 71.1 Å². The Morgan fingerprint density at radius 1 is 1.04 bits per heavy atom. The van der Waals surface area contributed by atoms with E-state index in [4.69, 9.17) is 0 Å². The Morgan fingerprint density at radius 3 is 2.67 bits per heavy atom. The van der Waals surface area contributed by atoms with Gasteiger partial charge < -0.3 is 5.32 Å². The van der Waals surface area contributed by atoms with Crippen molar-refractivity contribution in [3.63, 3.8) is 0 Å². The standard InChI is InChI=1S/C18H17F3N6/c19-15-3-2-12(16(20)17(15)21)10-26-6-7-27-14(11-26)8-13(25-27)9-24-18-22-4-1-5-23-18/h1-5,8H,6-7,9-11H2,(H,22,23,24). The van der Waals surface area contributed by atoms with E-state index in [-0.39, 0.29) is 12.1 Å². The zero-order valence-electron chi connectivity index (χ0n) is 14.4. The summed E-state index contributed by atoms with van der Waals surface area (Å²) in [6.45, 7) is 2.53. The van der Waals surface area contributed by atoms with Crippen LogP contribution in [0.15, 0.2) is 36.7 Å². The minimum Gasteiger partial charge on any atom is -0.348 e. The summed E-state index contributed by atoms with van der Waals surface area (Å²) in [6.07, 6.45) is 3.31. The molecule has 140 valence electrons. The van der Waals surface area contributed by atoms with Gasteiger partial charge in [0.25, 0.3) is 0 Å².